The van der Waals surface area contributed by atoms with Gasteiger partial charge < -0.3 is 30.5 Å². The van der Waals surface area contributed by atoms with E-state index in [2.05, 4.69) is 0 Å². The molecule has 0 unspecified atom stereocenters. The molecule has 5 N–H and O–H groups in total. The van der Waals surface area contributed by atoms with Crippen molar-refractivity contribution in [2.24, 2.45) is 0 Å². The van der Waals surface area contributed by atoms with Crippen LogP contribution in [0.15, 0.2) is 0 Å². The van der Waals surface area contributed by atoms with Gasteiger partial charge in [-0.3, -0.25) is 9.59 Å². The minimum absolute atomic E-state index is 0.0450. The third-order valence-electron chi connectivity index (χ3n) is 2.02. The fraction of sp³-hybridized carbons (Fsp3) is 0.667. The summed E-state index contributed by atoms with van der Waals surface area (Å²) in [4.78, 5) is 31.6. The normalized spacial score (nSPS) is 17.6. The summed E-state index contributed by atoms with van der Waals surface area (Å²) in [5.74, 6) is -2.32. The Morgan fingerprint density at radius 2 is 1.82 bits per heavy atom. The van der Waals surface area contributed by atoms with Crippen molar-refractivity contribution in [3.63, 3.8) is 0 Å². The van der Waals surface area contributed by atoms with Crippen LogP contribution in [-0.2, 0) is 14.4 Å². The van der Waals surface area contributed by atoms with Crippen LogP contribution in [0.3, 0.4) is 0 Å². The molecule has 0 aromatic heterocycles. The van der Waals surface area contributed by atoms with Crippen LogP contribution in [-0.4, -0.2) is 62.9 Å². The molecule has 0 aliphatic rings. The van der Waals surface area contributed by atoms with Gasteiger partial charge in [0.05, 0.1) is 12.1 Å². The predicted octanol–water partition coefficient (Wildman–Crippen LogP) is -2.75. The number of carboxylic acid groups (broad SMARTS) is 1. The van der Waals surface area contributed by atoms with Crippen molar-refractivity contribution in [3.05, 3.63) is 0 Å². The maximum atomic E-state index is 11.1. The minimum Gasteiger partial charge on any atom is -0.481 e. The molecule has 0 fully saturated rings. The molecule has 8 nitrogen and oxygen atoms in total. The van der Waals surface area contributed by atoms with Crippen LogP contribution in [0.1, 0.15) is 13.3 Å². The van der Waals surface area contributed by atoms with Gasteiger partial charge in [-0.1, -0.05) is 0 Å². The molecule has 0 aliphatic heterocycles. The van der Waals surface area contributed by atoms with Gasteiger partial charge in [0.2, 0.25) is 5.91 Å². The molecule has 0 heterocycles. The molecule has 0 saturated carbocycles. The number of aliphatic carboxylic acids is 1. The molecule has 98 valence electrons. The van der Waals surface area contributed by atoms with E-state index in [9.17, 15) is 24.6 Å². The van der Waals surface area contributed by atoms with Crippen molar-refractivity contribution in [3.8, 4) is 0 Å². The fourth-order valence-corrected chi connectivity index (χ4v) is 1.16. The first-order valence-electron chi connectivity index (χ1n) is 4.80. The summed E-state index contributed by atoms with van der Waals surface area (Å²) in [6.45, 7) is 1.21. The number of carboxylic acids is 1. The Kier molecular flexibility index (Phi) is 6.33. The third-order valence-corrected chi connectivity index (χ3v) is 2.02. The van der Waals surface area contributed by atoms with E-state index in [0.29, 0.717) is 0 Å². The van der Waals surface area contributed by atoms with E-state index in [1.54, 1.807) is 0 Å². The number of aliphatic hydroxyl groups is 3. The number of hydrogen-bond donors (Lipinski definition) is 5. The van der Waals surface area contributed by atoms with Gasteiger partial charge in [0, 0.05) is 0 Å². The second-order valence-electron chi connectivity index (χ2n) is 3.52. The Morgan fingerprint density at radius 1 is 1.29 bits per heavy atom. The van der Waals surface area contributed by atoms with Crippen molar-refractivity contribution in [1.29, 1.82) is 0 Å². The van der Waals surface area contributed by atoms with Crippen molar-refractivity contribution in [2.45, 2.75) is 37.7 Å². The molecular formula is C9H15NO7. The minimum atomic E-state index is -1.78. The Labute approximate surface area is 96.9 Å². The van der Waals surface area contributed by atoms with Crippen LogP contribution >= 0.6 is 0 Å². The molecular weight excluding hydrogens is 234 g/mol. The number of hydrogen-bond acceptors (Lipinski definition) is 6. The molecule has 4 atom stereocenters. The molecule has 1 amide bonds. The molecule has 0 radical (unpaired) electrons. The smallest absolute Gasteiger partial charge is 0.312 e. The number of nitrogens with one attached hydrogen (secondary N) is 1. The summed E-state index contributed by atoms with van der Waals surface area (Å²) in [5, 5.41) is 38.1. The number of aldehydes is 1. The van der Waals surface area contributed by atoms with Gasteiger partial charge in [-0.15, -0.1) is 0 Å². The van der Waals surface area contributed by atoms with Crippen molar-refractivity contribution in [2.75, 3.05) is 0 Å². The third kappa shape index (κ3) is 5.38. The summed E-state index contributed by atoms with van der Waals surface area (Å²) in [6.07, 6.45) is -5.56. The van der Waals surface area contributed by atoms with Crippen LogP contribution in [0.4, 0.5) is 0 Å². The molecule has 0 spiro atoms. The SMILES string of the molecule is C[C@@H](O)[C@@H](NC(=O)CC(=O)O)[C@H](O)[C@@H](O)C=O. The first kappa shape index (κ1) is 15.5. The van der Waals surface area contributed by atoms with E-state index >= 15 is 0 Å². The highest BCUT2D eigenvalue weighted by molar-refractivity contribution is 5.93. The second kappa shape index (κ2) is 6.94. The van der Waals surface area contributed by atoms with Gasteiger partial charge in [0.1, 0.15) is 18.6 Å². The van der Waals surface area contributed by atoms with Crippen LogP contribution in [0.25, 0.3) is 0 Å². The number of rotatable bonds is 7. The Hall–Kier alpha value is -1.51. The molecule has 0 rings (SSSR count). The van der Waals surface area contributed by atoms with Crippen LogP contribution in [0, 0.1) is 0 Å². The van der Waals surface area contributed by atoms with Gasteiger partial charge >= 0.3 is 5.97 Å². The van der Waals surface area contributed by atoms with Crippen LogP contribution < -0.4 is 5.32 Å². The largest absolute Gasteiger partial charge is 0.481 e. The lowest BCUT2D eigenvalue weighted by Gasteiger charge is -2.27. The average Bonchev–Trinajstić information content (AvgIpc) is 2.22. The molecule has 0 aliphatic carbocycles. The van der Waals surface area contributed by atoms with Gasteiger partial charge in [0.25, 0.3) is 0 Å². The maximum absolute atomic E-state index is 11.1. The van der Waals surface area contributed by atoms with E-state index < -0.39 is 42.7 Å². The van der Waals surface area contributed by atoms with Gasteiger partial charge in [-0.2, -0.15) is 0 Å². The number of aliphatic hydroxyl groups excluding tert-OH is 3. The quantitative estimate of drug-likeness (QED) is 0.243. The second-order valence-corrected chi connectivity index (χ2v) is 3.52. The number of amides is 1. The first-order valence-corrected chi connectivity index (χ1v) is 4.80. The Morgan fingerprint density at radius 3 is 2.18 bits per heavy atom. The molecule has 0 aromatic rings. The zero-order valence-corrected chi connectivity index (χ0v) is 9.11. The fourth-order valence-electron chi connectivity index (χ4n) is 1.16. The van der Waals surface area contributed by atoms with Crippen LogP contribution in [0.5, 0.6) is 0 Å². The van der Waals surface area contributed by atoms with E-state index in [1.165, 1.54) is 6.92 Å². The maximum Gasteiger partial charge on any atom is 0.312 e. The highest BCUT2D eigenvalue weighted by Gasteiger charge is 2.31. The molecule has 0 saturated heterocycles. The van der Waals surface area contributed by atoms with E-state index in [4.69, 9.17) is 10.2 Å². The standard InChI is InChI=1S/C9H15NO7/c1-4(12)8(9(17)5(13)3-11)10-6(14)2-7(15)16/h3-5,8-9,12-13,17H,2H2,1H3,(H,10,14)(H,15,16)/t4-,5+,8-,9-/m1/s1. The van der Waals surface area contributed by atoms with E-state index in [-0.39, 0.29) is 6.29 Å². The van der Waals surface area contributed by atoms with Gasteiger partial charge in [-0.05, 0) is 6.92 Å². The van der Waals surface area contributed by atoms with Gasteiger partial charge in [-0.25, -0.2) is 0 Å². The zero-order valence-electron chi connectivity index (χ0n) is 9.11. The molecule has 8 heteroatoms. The summed E-state index contributed by atoms with van der Waals surface area (Å²) >= 11 is 0. The summed E-state index contributed by atoms with van der Waals surface area (Å²) in [5.41, 5.74) is 0. The highest BCUT2D eigenvalue weighted by Crippen LogP contribution is 2.04. The monoisotopic (exact) mass is 249 g/mol. The molecule has 0 aromatic carbocycles. The average molecular weight is 249 g/mol. The number of carbonyl (C=O) groups is 3. The van der Waals surface area contributed by atoms with Crippen molar-refractivity contribution >= 4 is 18.2 Å². The number of carbonyl (C=O) groups excluding carboxylic acids is 2. The summed E-state index contributed by atoms with van der Waals surface area (Å²) in [7, 11) is 0. The van der Waals surface area contributed by atoms with Crippen molar-refractivity contribution in [1.82, 2.24) is 5.32 Å². The lowest BCUT2D eigenvalue weighted by atomic mass is 10.0. The van der Waals surface area contributed by atoms with E-state index in [0.717, 1.165) is 0 Å². The van der Waals surface area contributed by atoms with Crippen LogP contribution in [0.2, 0.25) is 0 Å². The first-order chi connectivity index (χ1) is 7.79. The van der Waals surface area contributed by atoms with E-state index in [1.807, 2.05) is 5.32 Å². The summed E-state index contributed by atoms with van der Waals surface area (Å²) < 4.78 is 0. The zero-order chi connectivity index (χ0) is 13.6. The highest BCUT2D eigenvalue weighted by atomic mass is 16.4. The summed E-state index contributed by atoms with van der Waals surface area (Å²) in [6, 6.07) is -1.33. The Bertz CT molecular complexity index is 291. The predicted molar refractivity (Wildman–Crippen MR) is 53.9 cm³/mol. The lowest BCUT2D eigenvalue weighted by Crippen LogP contribution is -2.54. The van der Waals surface area contributed by atoms with Crippen molar-refractivity contribution < 1.29 is 34.8 Å². The van der Waals surface area contributed by atoms with Gasteiger partial charge in [0.15, 0.2) is 6.29 Å². The lowest BCUT2D eigenvalue weighted by molar-refractivity contribution is -0.142. The molecule has 0 bridgehead atoms. The Balaban J connectivity index is 4.59. The topological polar surface area (TPSA) is 144 Å². The molecule has 17 heavy (non-hydrogen) atoms.